The molecule has 0 saturated carbocycles. The molecule has 18 heavy (non-hydrogen) atoms. The topological polar surface area (TPSA) is 9.23 Å². The normalized spacial score (nSPS) is 9.39. The Morgan fingerprint density at radius 2 is 2.06 bits per heavy atom. The maximum absolute atomic E-state index is 12.9. The van der Waals surface area contributed by atoms with E-state index in [4.69, 9.17) is 16.3 Å². The van der Waals surface area contributed by atoms with Gasteiger partial charge in [0, 0.05) is 6.07 Å². The zero-order valence-corrected chi connectivity index (χ0v) is 14.8. The molecule has 2 rings (SSSR count). The van der Waals surface area contributed by atoms with Crippen LogP contribution in [-0.4, -0.2) is 0 Å². The molecule has 0 saturated heterocycles. The van der Waals surface area contributed by atoms with Crippen LogP contribution in [0.25, 0.3) is 0 Å². The Morgan fingerprint density at radius 1 is 1.28 bits per heavy atom. The molecule has 0 atom stereocenters. The molecule has 0 aliphatic rings. The average Bonchev–Trinajstić information content (AvgIpc) is 2.43. The summed E-state index contributed by atoms with van der Waals surface area (Å²) in [5.74, 6) is -0.0182. The van der Waals surface area contributed by atoms with Crippen molar-refractivity contribution in [3.8, 4) is 5.75 Å². The molecular weight excluding hydrogens is 372 g/mol. The van der Waals surface area contributed by atoms with Crippen LogP contribution in [0.4, 0.5) is 4.39 Å². The fourth-order valence-electron chi connectivity index (χ4n) is 1.26. The van der Waals surface area contributed by atoms with E-state index in [1.807, 2.05) is 18.2 Å². The molecule has 0 aliphatic carbocycles. The van der Waals surface area contributed by atoms with Gasteiger partial charge in [-0.3, -0.25) is 0 Å². The minimum absolute atomic E-state index is 0.323. The average molecular weight is 381 g/mol. The first kappa shape index (κ1) is 15.6. The first-order valence-corrected chi connectivity index (χ1v) is 12.4. The maximum atomic E-state index is 12.9. The van der Waals surface area contributed by atoms with Crippen LogP contribution in [0, 0.1) is 11.9 Å². The Kier molecular flexibility index (Phi) is 7.49. The van der Waals surface area contributed by atoms with Crippen LogP contribution >= 0.6 is 25.2 Å². The third kappa shape index (κ3) is 5.05. The predicted molar refractivity (Wildman–Crippen MR) is 69.9 cm³/mol. The Labute approximate surface area is 127 Å². The summed E-state index contributed by atoms with van der Waals surface area (Å²) < 4.78 is 18.3. The van der Waals surface area contributed by atoms with Gasteiger partial charge in [-0.1, -0.05) is 11.6 Å². The first-order chi connectivity index (χ1) is 8.75. The van der Waals surface area contributed by atoms with Gasteiger partial charge in [-0.15, -0.1) is 5.56 Å². The number of benzene rings is 2. The molecule has 0 heterocycles. The summed E-state index contributed by atoms with van der Waals surface area (Å²) >= 11 is 10.1. The van der Waals surface area contributed by atoms with E-state index in [1.165, 1.54) is 34.5 Å². The number of hydrogen-bond acceptors (Lipinski definition) is 1. The Bertz CT molecular complexity index is 482. The van der Waals surface area contributed by atoms with Gasteiger partial charge in [-0.25, -0.2) is 4.39 Å². The molecule has 2 aromatic carbocycles. The van der Waals surface area contributed by atoms with Crippen LogP contribution in [0.1, 0.15) is 5.56 Å². The molecule has 0 radical (unpaired) electrons. The van der Waals surface area contributed by atoms with Crippen molar-refractivity contribution in [2.75, 3.05) is 0 Å². The van der Waals surface area contributed by atoms with Crippen molar-refractivity contribution < 1.29 is 25.5 Å². The summed E-state index contributed by atoms with van der Waals surface area (Å²) in [7, 11) is 0. The molecule has 0 unspecified atom stereocenters. The van der Waals surface area contributed by atoms with E-state index in [9.17, 15) is 4.39 Å². The van der Waals surface area contributed by atoms with Crippen molar-refractivity contribution in [3.63, 3.8) is 0 Å². The van der Waals surface area contributed by atoms with Gasteiger partial charge in [0.1, 0.15) is 11.6 Å². The summed E-state index contributed by atoms with van der Waals surface area (Å²) in [6.45, 7) is 0.323. The monoisotopic (exact) mass is 378 g/mol. The Morgan fingerprint density at radius 3 is 2.72 bits per heavy atom. The summed E-state index contributed by atoms with van der Waals surface area (Å²) in [5, 5.41) is 0.400. The molecule has 1 nitrogen and oxygen atoms in total. The minimum atomic E-state index is -0.364. The first-order valence-electron chi connectivity index (χ1n) is 5.06. The van der Waals surface area contributed by atoms with E-state index in [0.29, 0.717) is 17.4 Å². The third-order valence-electron chi connectivity index (χ3n) is 2.05. The molecule has 0 aromatic heterocycles. The molecule has 0 N–H and O–H groups in total. The van der Waals surface area contributed by atoms with E-state index in [2.05, 4.69) is 19.7 Å². The van der Waals surface area contributed by atoms with Crippen molar-refractivity contribution in [2.45, 2.75) is 6.61 Å². The van der Waals surface area contributed by atoms with Gasteiger partial charge >= 0.3 is 30.0 Å². The SMILES string of the molecule is Fc1ccc(Cl)c(OCc2[c-]cccc2)c1.[Zn+][Br]. The van der Waals surface area contributed by atoms with E-state index >= 15 is 0 Å². The Balaban J connectivity index is 0.000000771. The van der Waals surface area contributed by atoms with E-state index in [0.717, 1.165) is 5.56 Å². The van der Waals surface area contributed by atoms with Crippen LogP contribution in [0.5, 0.6) is 5.75 Å². The molecule has 2 aromatic rings. The third-order valence-corrected chi connectivity index (χ3v) is 2.36. The second-order valence-electron chi connectivity index (χ2n) is 3.25. The van der Waals surface area contributed by atoms with Gasteiger partial charge in [-0.05, 0) is 12.1 Å². The molecular formula is C13H9BrClFOZn. The number of hydrogen-bond donors (Lipinski definition) is 0. The molecule has 0 spiro atoms. The van der Waals surface area contributed by atoms with Crippen molar-refractivity contribution in [2.24, 2.45) is 0 Å². The van der Waals surface area contributed by atoms with Crippen molar-refractivity contribution in [1.82, 2.24) is 0 Å². The fraction of sp³-hybridized carbons (Fsp3) is 0.0769. The second kappa shape index (κ2) is 8.63. The van der Waals surface area contributed by atoms with E-state index in [1.54, 1.807) is 6.07 Å². The Hall–Kier alpha value is -0.437. The summed E-state index contributed by atoms with van der Waals surface area (Å²) in [6.07, 6.45) is 0. The molecule has 90 valence electrons. The van der Waals surface area contributed by atoms with Crippen LogP contribution in [-0.2, 0) is 22.9 Å². The fourth-order valence-corrected chi connectivity index (χ4v) is 1.44. The van der Waals surface area contributed by atoms with Gasteiger partial charge in [0.2, 0.25) is 0 Å². The quantitative estimate of drug-likeness (QED) is 0.554. The van der Waals surface area contributed by atoms with Gasteiger partial charge in [0.05, 0.1) is 11.6 Å². The predicted octanol–water partition coefficient (Wildman–Crippen LogP) is 4.70. The zero-order chi connectivity index (χ0) is 13.4. The number of ether oxygens (including phenoxy) is 1. The summed E-state index contributed by atoms with van der Waals surface area (Å²) in [4.78, 5) is 0. The number of halogens is 3. The number of rotatable bonds is 3. The van der Waals surface area contributed by atoms with E-state index in [-0.39, 0.29) is 5.82 Å². The van der Waals surface area contributed by atoms with Crippen molar-refractivity contribution >= 4 is 25.2 Å². The zero-order valence-electron chi connectivity index (χ0n) is 9.50. The standard InChI is InChI=1S/C13H9ClFO.BrH.Zn/c14-12-7-6-11(15)8-13(12)16-9-10-4-2-1-3-5-10;;/h1-4,6-8H,9H2;1H;/q-1;;+2/p-1. The van der Waals surface area contributed by atoms with Crippen LogP contribution in [0.3, 0.4) is 0 Å². The van der Waals surface area contributed by atoms with Crippen molar-refractivity contribution in [3.05, 3.63) is 64.9 Å². The summed E-state index contributed by atoms with van der Waals surface area (Å²) in [5.41, 5.74) is 0.892. The molecule has 0 bridgehead atoms. The molecule has 5 heteroatoms. The van der Waals surface area contributed by atoms with Gasteiger partial charge in [0.25, 0.3) is 0 Å². The van der Waals surface area contributed by atoms with Crippen LogP contribution in [0.15, 0.2) is 42.5 Å². The van der Waals surface area contributed by atoms with Crippen LogP contribution < -0.4 is 4.74 Å². The van der Waals surface area contributed by atoms with E-state index < -0.39 is 0 Å². The van der Waals surface area contributed by atoms with Crippen LogP contribution in [0.2, 0.25) is 5.02 Å². The van der Waals surface area contributed by atoms with Gasteiger partial charge in [0.15, 0.2) is 0 Å². The molecule has 0 amide bonds. The van der Waals surface area contributed by atoms with Crippen molar-refractivity contribution in [1.29, 1.82) is 0 Å². The summed E-state index contributed by atoms with van der Waals surface area (Å²) in [6, 6.07) is 14.5. The molecule has 0 aliphatic heterocycles. The molecule has 0 fully saturated rings. The van der Waals surface area contributed by atoms with Gasteiger partial charge < -0.3 is 4.74 Å². The van der Waals surface area contributed by atoms with Gasteiger partial charge in [-0.2, -0.15) is 30.3 Å². The second-order valence-corrected chi connectivity index (χ2v) is 3.66.